The van der Waals surface area contributed by atoms with Crippen LogP contribution in [-0.2, 0) is 16.6 Å². The van der Waals surface area contributed by atoms with E-state index in [1.54, 1.807) is 0 Å². The maximum Gasteiger partial charge on any atom is 0.222 e. The van der Waals surface area contributed by atoms with Gasteiger partial charge in [-0.05, 0) is 17.2 Å². The largest absolute Gasteiger partial charge is 0.493 e. The first-order valence-electron chi connectivity index (χ1n) is 6.67. The average molecular weight is 263 g/mol. The number of amides is 1. The summed E-state index contributed by atoms with van der Waals surface area (Å²) in [4.78, 5) is 11.4. The molecule has 1 aliphatic rings. The molecule has 2 N–H and O–H groups in total. The molecule has 0 unspecified atom stereocenters. The van der Waals surface area contributed by atoms with Gasteiger partial charge in [-0.15, -0.1) is 0 Å². The highest BCUT2D eigenvalue weighted by molar-refractivity contribution is 5.76. The van der Waals surface area contributed by atoms with E-state index in [0.717, 1.165) is 18.8 Å². The van der Waals surface area contributed by atoms with E-state index in [1.807, 2.05) is 6.07 Å². The Morgan fingerprint density at radius 3 is 3.00 bits per heavy atom. The number of aliphatic hydroxyl groups is 1. The van der Waals surface area contributed by atoms with E-state index in [2.05, 4.69) is 31.3 Å². The monoisotopic (exact) mass is 263 g/mol. The molecule has 0 spiro atoms. The van der Waals surface area contributed by atoms with E-state index in [4.69, 9.17) is 9.84 Å². The number of hydrogen-bond acceptors (Lipinski definition) is 3. The van der Waals surface area contributed by atoms with Gasteiger partial charge in [-0.3, -0.25) is 4.79 Å². The summed E-state index contributed by atoms with van der Waals surface area (Å²) in [7, 11) is 0. The van der Waals surface area contributed by atoms with Gasteiger partial charge in [-0.25, -0.2) is 0 Å². The van der Waals surface area contributed by atoms with Gasteiger partial charge in [-0.2, -0.15) is 0 Å². The molecular formula is C15H21NO3. The first kappa shape index (κ1) is 13.9. The molecule has 104 valence electrons. The highest BCUT2D eigenvalue weighted by Crippen LogP contribution is 2.31. The van der Waals surface area contributed by atoms with Crippen molar-refractivity contribution < 1.29 is 14.6 Å². The fourth-order valence-electron chi connectivity index (χ4n) is 2.22. The van der Waals surface area contributed by atoms with Crippen molar-refractivity contribution in [1.82, 2.24) is 5.32 Å². The van der Waals surface area contributed by atoms with Gasteiger partial charge in [0.2, 0.25) is 5.91 Å². The minimum absolute atomic E-state index is 0.109. The minimum Gasteiger partial charge on any atom is -0.493 e. The van der Waals surface area contributed by atoms with Crippen LogP contribution in [0, 0.1) is 0 Å². The predicted molar refractivity (Wildman–Crippen MR) is 73.4 cm³/mol. The van der Waals surface area contributed by atoms with Crippen molar-refractivity contribution in [2.75, 3.05) is 19.8 Å². The Morgan fingerprint density at radius 2 is 2.26 bits per heavy atom. The molecule has 0 atom stereocenters. The number of benzene rings is 1. The van der Waals surface area contributed by atoms with Crippen LogP contribution < -0.4 is 10.1 Å². The predicted octanol–water partition coefficient (Wildman–Crippen LogP) is 1.40. The summed E-state index contributed by atoms with van der Waals surface area (Å²) in [6.07, 6.45) is 1.12. The second-order valence-corrected chi connectivity index (χ2v) is 5.56. The first-order valence-corrected chi connectivity index (χ1v) is 6.67. The third-order valence-corrected chi connectivity index (χ3v) is 3.54. The average Bonchev–Trinajstić information content (AvgIpc) is 2.84. The second-order valence-electron chi connectivity index (χ2n) is 5.56. The van der Waals surface area contributed by atoms with Gasteiger partial charge >= 0.3 is 0 Å². The Morgan fingerprint density at radius 1 is 1.47 bits per heavy atom. The molecule has 19 heavy (non-hydrogen) atoms. The van der Waals surface area contributed by atoms with E-state index < -0.39 is 0 Å². The molecule has 1 heterocycles. The standard InChI is InChI=1S/C15H21NO3/c1-15(2,10-16-14(18)5-7-17)12-3-4-13-11(9-12)6-8-19-13/h3-4,9,17H,5-8,10H2,1-2H3,(H,16,18). The van der Waals surface area contributed by atoms with E-state index >= 15 is 0 Å². The number of rotatable bonds is 5. The summed E-state index contributed by atoms with van der Waals surface area (Å²) in [6.45, 7) is 5.41. The van der Waals surface area contributed by atoms with E-state index in [0.29, 0.717) is 6.54 Å². The van der Waals surface area contributed by atoms with Crippen molar-refractivity contribution in [3.05, 3.63) is 29.3 Å². The number of fused-ring (bicyclic) bond motifs is 1. The lowest BCUT2D eigenvalue weighted by Gasteiger charge is -2.26. The first-order chi connectivity index (χ1) is 9.03. The summed E-state index contributed by atoms with van der Waals surface area (Å²) in [5.74, 6) is 0.865. The summed E-state index contributed by atoms with van der Waals surface area (Å²) in [6, 6.07) is 6.23. The zero-order valence-electron chi connectivity index (χ0n) is 11.5. The van der Waals surface area contributed by atoms with Crippen LogP contribution in [0.2, 0.25) is 0 Å². The van der Waals surface area contributed by atoms with E-state index in [-0.39, 0.29) is 24.3 Å². The molecule has 0 fully saturated rings. The van der Waals surface area contributed by atoms with Crippen LogP contribution in [-0.4, -0.2) is 30.8 Å². The van der Waals surface area contributed by atoms with Gasteiger partial charge in [0.1, 0.15) is 5.75 Å². The van der Waals surface area contributed by atoms with E-state index in [9.17, 15) is 4.79 Å². The van der Waals surface area contributed by atoms with Crippen LogP contribution in [0.25, 0.3) is 0 Å². The Bertz CT molecular complexity index is 468. The Kier molecular flexibility index (Phi) is 4.10. The van der Waals surface area contributed by atoms with Crippen molar-refractivity contribution in [3.63, 3.8) is 0 Å². The Labute approximate surface area is 113 Å². The fraction of sp³-hybridized carbons (Fsp3) is 0.533. The number of carbonyl (C=O) groups is 1. The maximum absolute atomic E-state index is 11.4. The van der Waals surface area contributed by atoms with Crippen molar-refractivity contribution in [2.45, 2.75) is 32.1 Å². The molecule has 0 saturated heterocycles. The van der Waals surface area contributed by atoms with Crippen LogP contribution in [0.1, 0.15) is 31.4 Å². The summed E-state index contributed by atoms with van der Waals surface area (Å²) in [5.41, 5.74) is 2.30. The number of ether oxygens (including phenoxy) is 1. The molecule has 0 saturated carbocycles. The van der Waals surface area contributed by atoms with Crippen LogP contribution >= 0.6 is 0 Å². The highest BCUT2D eigenvalue weighted by atomic mass is 16.5. The number of nitrogens with one attached hydrogen (secondary N) is 1. The molecule has 1 aliphatic heterocycles. The summed E-state index contributed by atoms with van der Waals surface area (Å²) < 4.78 is 5.50. The van der Waals surface area contributed by atoms with Gasteiger partial charge in [0.25, 0.3) is 0 Å². The van der Waals surface area contributed by atoms with Crippen molar-refractivity contribution in [3.8, 4) is 5.75 Å². The Balaban J connectivity index is 2.04. The minimum atomic E-state index is -0.136. The molecule has 1 aromatic carbocycles. The summed E-state index contributed by atoms with van der Waals surface area (Å²) >= 11 is 0. The zero-order chi connectivity index (χ0) is 13.9. The molecule has 1 aromatic rings. The van der Waals surface area contributed by atoms with Gasteiger partial charge < -0.3 is 15.2 Å². The topological polar surface area (TPSA) is 58.6 Å². The van der Waals surface area contributed by atoms with Crippen molar-refractivity contribution in [2.24, 2.45) is 0 Å². The van der Waals surface area contributed by atoms with Gasteiger partial charge in [0.15, 0.2) is 0 Å². The zero-order valence-corrected chi connectivity index (χ0v) is 11.5. The number of carbonyl (C=O) groups excluding carboxylic acids is 1. The second kappa shape index (κ2) is 5.61. The maximum atomic E-state index is 11.4. The summed E-state index contributed by atoms with van der Waals surface area (Å²) in [5, 5.41) is 11.6. The molecule has 2 rings (SSSR count). The molecule has 0 radical (unpaired) electrons. The smallest absolute Gasteiger partial charge is 0.222 e. The van der Waals surface area contributed by atoms with Crippen LogP contribution in [0.5, 0.6) is 5.75 Å². The molecular weight excluding hydrogens is 242 g/mol. The number of hydrogen-bond donors (Lipinski definition) is 2. The van der Waals surface area contributed by atoms with Gasteiger partial charge in [-0.1, -0.05) is 26.0 Å². The molecule has 0 aromatic heterocycles. The van der Waals surface area contributed by atoms with Crippen LogP contribution in [0.15, 0.2) is 18.2 Å². The molecule has 4 nitrogen and oxygen atoms in total. The third kappa shape index (κ3) is 3.26. The lowest BCUT2D eigenvalue weighted by atomic mass is 9.83. The normalized spacial score (nSPS) is 13.8. The third-order valence-electron chi connectivity index (χ3n) is 3.54. The lowest BCUT2D eigenvalue weighted by molar-refractivity contribution is -0.121. The van der Waals surface area contributed by atoms with Gasteiger partial charge in [0.05, 0.1) is 13.2 Å². The number of aliphatic hydroxyl groups excluding tert-OH is 1. The molecule has 0 bridgehead atoms. The van der Waals surface area contributed by atoms with Crippen molar-refractivity contribution in [1.29, 1.82) is 0 Å². The molecule has 1 amide bonds. The highest BCUT2D eigenvalue weighted by Gasteiger charge is 2.23. The fourth-order valence-corrected chi connectivity index (χ4v) is 2.22. The van der Waals surface area contributed by atoms with Gasteiger partial charge in [0, 0.05) is 24.8 Å². The lowest BCUT2D eigenvalue weighted by Crippen LogP contribution is -2.36. The molecule has 0 aliphatic carbocycles. The van der Waals surface area contributed by atoms with E-state index in [1.165, 1.54) is 11.1 Å². The SMILES string of the molecule is CC(C)(CNC(=O)CCO)c1ccc2c(c1)CCO2. The van der Waals surface area contributed by atoms with Crippen LogP contribution in [0.4, 0.5) is 0 Å². The quantitative estimate of drug-likeness (QED) is 0.844. The van der Waals surface area contributed by atoms with Crippen LogP contribution in [0.3, 0.4) is 0 Å². The van der Waals surface area contributed by atoms with Crippen molar-refractivity contribution >= 4 is 5.91 Å². The molecule has 4 heteroatoms. The Hall–Kier alpha value is -1.55.